The summed E-state index contributed by atoms with van der Waals surface area (Å²) in [6.07, 6.45) is 0. The lowest BCUT2D eigenvalue weighted by molar-refractivity contribution is -0.124. The monoisotopic (exact) mass is 313 g/mol. The van der Waals surface area contributed by atoms with Crippen molar-refractivity contribution >= 4 is 23.6 Å². The van der Waals surface area contributed by atoms with Gasteiger partial charge in [0.1, 0.15) is 5.76 Å². The Hall–Kier alpha value is -1.50. The second kappa shape index (κ2) is 8.71. The van der Waals surface area contributed by atoms with Gasteiger partial charge >= 0.3 is 0 Å². The van der Waals surface area contributed by atoms with Crippen LogP contribution in [-0.2, 0) is 15.3 Å². The number of nitrogens with one attached hydrogen (secondary N) is 2. The van der Waals surface area contributed by atoms with Gasteiger partial charge < -0.3 is 15.2 Å². The van der Waals surface area contributed by atoms with E-state index in [9.17, 15) is 9.59 Å². The number of hydrogen-bond acceptors (Lipinski definition) is 5. The van der Waals surface area contributed by atoms with Crippen LogP contribution in [0.1, 0.15) is 30.9 Å². The SMILES string of the molecule is Cc1noc(C)c1CSCC(=O)NCCNC(=O)C(C)C. The molecule has 1 heterocycles. The number of nitrogens with zero attached hydrogens (tertiary/aromatic N) is 1. The molecule has 7 heteroatoms. The lowest BCUT2D eigenvalue weighted by atomic mass is 10.2. The van der Waals surface area contributed by atoms with Gasteiger partial charge in [-0.25, -0.2) is 0 Å². The summed E-state index contributed by atoms with van der Waals surface area (Å²) < 4.78 is 5.07. The number of carbonyl (C=O) groups excluding carboxylic acids is 2. The van der Waals surface area contributed by atoms with Crippen molar-refractivity contribution < 1.29 is 14.1 Å². The minimum atomic E-state index is -0.0365. The van der Waals surface area contributed by atoms with E-state index in [0.29, 0.717) is 24.6 Å². The van der Waals surface area contributed by atoms with Crippen molar-refractivity contribution in [3.8, 4) is 0 Å². The molecule has 6 nitrogen and oxygen atoms in total. The third kappa shape index (κ3) is 6.20. The van der Waals surface area contributed by atoms with Gasteiger partial charge in [0.15, 0.2) is 0 Å². The molecular formula is C14H23N3O3S. The summed E-state index contributed by atoms with van der Waals surface area (Å²) in [6.45, 7) is 8.33. The van der Waals surface area contributed by atoms with E-state index in [0.717, 1.165) is 17.0 Å². The Balaban J connectivity index is 2.13. The molecule has 0 saturated heterocycles. The molecule has 1 aromatic heterocycles. The largest absolute Gasteiger partial charge is 0.361 e. The zero-order chi connectivity index (χ0) is 15.8. The molecule has 0 unspecified atom stereocenters. The van der Waals surface area contributed by atoms with E-state index in [1.54, 1.807) is 0 Å². The molecule has 0 spiro atoms. The van der Waals surface area contributed by atoms with Crippen LogP contribution in [0.3, 0.4) is 0 Å². The lowest BCUT2D eigenvalue weighted by Crippen LogP contribution is -2.37. The highest BCUT2D eigenvalue weighted by molar-refractivity contribution is 7.99. The summed E-state index contributed by atoms with van der Waals surface area (Å²) in [5, 5.41) is 9.40. The number of carbonyl (C=O) groups is 2. The fraction of sp³-hybridized carbons (Fsp3) is 0.643. The van der Waals surface area contributed by atoms with E-state index >= 15 is 0 Å². The van der Waals surface area contributed by atoms with Gasteiger partial charge in [0.25, 0.3) is 0 Å². The highest BCUT2D eigenvalue weighted by Gasteiger charge is 2.10. The lowest BCUT2D eigenvalue weighted by Gasteiger charge is -2.08. The highest BCUT2D eigenvalue weighted by Crippen LogP contribution is 2.19. The first-order valence-corrected chi connectivity index (χ1v) is 8.11. The van der Waals surface area contributed by atoms with Gasteiger partial charge in [-0.1, -0.05) is 19.0 Å². The molecule has 0 bridgehead atoms. The Morgan fingerprint density at radius 1 is 1.24 bits per heavy atom. The van der Waals surface area contributed by atoms with Crippen molar-refractivity contribution in [1.29, 1.82) is 0 Å². The van der Waals surface area contributed by atoms with Gasteiger partial charge in [0, 0.05) is 30.3 Å². The highest BCUT2D eigenvalue weighted by atomic mass is 32.2. The smallest absolute Gasteiger partial charge is 0.230 e. The molecule has 0 aliphatic rings. The van der Waals surface area contributed by atoms with E-state index in [2.05, 4.69) is 15.8 Å². The van der Waals surface area contributed by atoms with Crippen molar-refractivity contribution in [2.45, 2.75) is 33.4 Å². The second-order valence-electron chi connectivity index (χ2n) is 5.09. The molecule has 1 aromatic rings. The van der Waals surface area contributed by atoms with Crippen molar-refractivity contribution in [3.05, 3.63) is 17.0 Å². The Morgan fingerprint density at radius 3 is 2.48 bits per heavy atom. The average Bonchev–Trinajstić information content (AvgIpc) is 2.74. The van der Waals surface area contributed by atoms with Crippen LogP contribution in [0.15, 0.2) is 4.52 Å². The average molecular weight is 313 g/mol. The summed E-state index contributed by atoms with van der Waals surface area (Å²) in [5.74, 6) is 1.81. The first-order chi connectivity index (χ1) is 9.91. The van der Waals surface area contributed by atoms with Gasteiger partial charge in [-0.3, -0.25) is 9.59 Å². The maximum absolute atomic E-state index is 11.6. The van der Waals surface area contributed by atoms with E-state index in [1.807, 2.05) is 27.7 Å². The van der Waals surface area contributed by atoms with Crippen molar-refractivity contribution in [3.63, 3.8) is 0 Å². The fourth-order valence-corrected chi connectivity index (χ4v) is 2.60. The standard InChI is InChI=1S/C14H23N3O3S/c1-9(2)14(19)16-6-5-15-13(18)8-21-7-12-10(3)17-20-11(12)4/h9H,5-8H2,1-4H3,(H,15,18)(H,16,19). The minimum absolute atomic E-state index is 0.00275. The normalized spacial score (nSPS) is 10.7. The molecule has 21 heavy (non-hydrogen) atoms. The van der Waals surface area contributed by atoms with E-state index in [-0.39, 0.29) is 17.7 Å². The molecule has 0 fully saturated rings. The first kappa shape index (κ1) is 17.6. The second-order valence-corrected chi connectivity index (χ2v) is 6.08. The Kier molecular flexibility index (Phi) is 7.28. The number of aryl methyl sites for hydroxylation is 2. The van der Waals surface area contributed by atoms with Crippen LogP contribution >= 0.6 is 11.8 Å². The predicted octanol–water partition coefficient (Wildman–Crippen LogP) is 1.41. The van der Waals surface area contributed by atoms with Crippen LogP contribution in [0.2, 0.25) is 0 Å². The molecule has 0 saturated carbocycles. The van der Waals surface area contributed by atoms with Crippen LogP contribution in [0.25, 0.3) is 0 Å². The van der Waals surface area contributed by atoms with Gasteiger partial charge in [-0.2, -0.15) is 0 Å². The molecule has 2 N–H and O–H groups in total. The quantitative estimate of drug-likeness (QED) is 0.709. The number of hydrogen-bond donors (Lipinski definition) is 2. The van der Waals surface area contributed by atoms with Gasteiger partial charge in [-0.15, -0.1) is 11.8 Å². The Bertz CT molecular complexity index is 466. The zero-order valence-electron chi connectivity index (χ0n) is 13.0. The minimum Gasteiger partial charge on any atom is -0.361 e. The van der Waals surface area contributed by atoms with Gasteiger partial charge in [-0.05, 0) is 13.8 Å². The molecular weight excluding hydrogens is 290 g/mol. The van der Waals surface area contributed by atoms with Crippen LogP contribution in [-0.4, -0.2) is 35.8 Å². The Labute approximate surface area is 129 Å². The topological polar surface area (TPSA) is 84.2 Å². The molecule has 0 aromatic carbocycles. The maximum Gasteiger partial charge on any atom is 0.230 e. The van der Waals surface area contributed by atoms with E-state index < -0.39 is 0 Å². The summed E-state index contributed by atoms with van der Waals surface area (Å²) in [4.78, 5) is 22.9. The van der Waals surface area contributed by atoms with E-state index in [4.69, 9.17) is 4.52 Å². The summed E-state index contributed by atoms with van der Waals surface area (Å²) in [6, 6.07) is 0. The fourth-order valence-electron chi connectivity index (χ4n) is 1.60. The van der Waals surface area contributed by atoms with Crippen LogP contribution in [0.5, 0.6) is 0 Å². The molecule has 0 aliphatic carbocycles. The van der Waals surface area contributed by atoms with Crippen LogP contribution < -0.4 is 10.6 Å². The Morgan fingerprint density at radius 2 is 1.90 bits per heavy atom. The maximum atomic E-state index is 11.6. The summed E-state index contributed by atoms with van der Waals surface area (Å²) in [5.41, 5.74) is 1.92. The number of thioether (sulfide) groups is 1. The van der Waals surface area contributed by atoms with Crippen molar-refractivity contribution in [1.82, 2.24) is 15.8 Å². The van der Waals surface area contributed by atoms with Crippen LogP contribution in [0, 0.1) is 19.8 Å². The van der Waals surface area contributed by atoms with Gasteiger partial charge in [0.05, 0.1) is 11.4 Å². The summed E-state index contributed by atoms with van der Waals surface area (Å²) >= 11 is 1.52. The first-order valence-electron chi connectivity index (χ1n) is 6.95. The third-order valence-electron chi connectivity index (χ3n) is 2.93. The number of aromatic nitrogens is 1. The summed E-state index contributed by atoms with van der Waals surface area (Å²) in [7, 11) is 0. The molecule has 2 amide bonds. The van der Waals surface area contributed by atoms with Crippen molar-refractivity contribution in [2.24, 2.45) is 5.92 Å². The molecule has 0 atom stereocenters. The predicted molar refractivity (Wildman–Crippen MR) is 83.0 cm³/mol. The molecule has 1 rings (SSSR count). The number of amides is 2. The third-order valence-corrected chi connectivity index (χ3v) is 3.89. The van der Waals surface area contributed by atoms with Gasteiger partial charge in [0.2, 0.25) is 11.8 Å². The molecule has 0 radical (unpaired) electrons. The molecule has 0 aliphatic heterocycles. The zero-order valence-corrected chi connectivity index (χ0v) is 13.8. The van der Waals surface area contributed by atoms with Crippen LogP contribution in [0.4, 0.5) is 0 Å². The molecule has 118 valence electrons. The van der Waals surface area contributed by atoms with E-state index in [1.165, 1.54) is 11.8 Å². The van der Waals surface area contributed by atoms with Crippen molar-refractivity contribution in [2.75, 3.05) is 18.8 Å². The number of rotatable bonds is 8.